The van der Waals surface area contributed by atoms with Gasteiger partial charge in [-0.05, 0) is 12.1 Å². The fourth-order valence-electron chi connectivity index (χ4n) is 0.854. The third kappa shape index (κ3) is 2.38. The third-order valence-corrected chi connectivity index (χ3v) is 1.83. The zero-order valence-corrected chi connectivity index (χ0v) is 7.47. The van der Waals surface area contributed by atoms with E-state index in [1.807, 2.05) is 0 Å². The number of halogens is 4. The minimum Gasteiger partial charge on any atom is -0.410 e. The van der Waals surface area contributed by atoms with Crippen LogP contribution >= 0.6 is 11.6 Å². The standard InChI is InChI=1S/C8H5ClF3NO/c9-7(13-14)5-1-3-6(4-2-5)8(10,11)12/h1-4,14H/b13-7+. The van der Waals surface area contributed by atoms with Gasteiger partial charge in [0.1, 0.15) is 0 Å². The molecule has 1 aromatic carbocycles. The predicted octanol–water partition coefficient (Wildman–Crippen LogP) is 3.08. The van der Waals surface area contributed by atoms with Gasteiger partial charge in [-0.2, -0.15) is 13.2 Å². The van der Waals surface area contributed by atoms with Gasteiger partial charge in [0.2, 0.25) is 0 Å². The molecule has 0 bridgehead atoms. The molecule has 0 aliphatic heterocycles. The summed E-state index contributed by atoms with van der Waals surface area (Å²) in [5.74, 6) is 0. The summed E-state index contributed by atoms with van der Waals surface area (Å²) in [5.41, 5.74) is -0.550. The van der Waals surface area contributed by atoms with E-state index in [0.29, 0.717) is 0 Å². The van der Waals surface area contributed by atoms with Crippen molar-refractivity contribution in [3.8, 4) is 0 Å². The van der Waals surface area contributed by atoms with E-state index in [9.17, 15) is 13.2 Å². The van der Waals surface area contributed by atoms with Crippen molar-refractivity contribution in [3.63, 3.8) is 0 Å². The minimum atomic E-state index is -4.37. The van der Waals surface area contributed by atoms with Crippen molar-refractivity contribution in [1.29, 1.82) is 0 Å². The summed E-state index contributed by atoms with van der Waals surface area (Å²) in [6.45, 7) is 0. The van der Waals surface area contributed by atoms with Crippen molar-refractivity contribution in [2.75, 3.05) is 0 Å². The molecule has 6 heteroatoms. The minimum absolute atomic E-state index is 0.224. The van der Waals surface area contributed by atoms with Crippen LogP contribution < -0.4 is 0 Å². The van der Waals surface area contributed by atoms with Crippen LogP contribution in [0.25, 0.3) is 0 Å². The zero-order chi connectivity index (χ0) is 10.8. The van der Waals surface area contributed by atoms with Gasteiger partial charge in [-0.25, -0.2) is 0 Å². The van der Waals surface area contributed by atoms with Crippen molar-refractivity contribution in [3.05, 3.63) is 35.4 Å². The summed E-state index contributed by atoms with van der Waals surface area (Å²) in [5, 5.41) is 10.7. The second kappa shape index (κ2) is 3.88. The second-order valence-electron chi connectivity index (χ2n) is 2.47. The van der Waals surface area contributed by atoms with Crippen molar-refractivity contribution in [2.24, 2.45) is 5.16 Å². The smallest absolute Gasteiger partial charge is 0.410 e. The lowest BCUT2D eigenvalue weighted by molar-refractivity contribution is -0.137. The summed E-state index contributed by atoms with van der Waals surface area (Å²) in [4.78, 5) is 0. The molecule has 0 saturated heterocycles. The predicted molar refractivity (Wildman–Crippen MR) is 45.6 cm³/mol. The summed E-state index contributed by atoms with van der Waals surface area (Å²) in [6.07, 6.45) is -4.37. The van der Waals surface area contributed by atoms with E-state index in [4.69, 9.17) is 16.8 Å². The molecule has 0 fully saturated rings. The van der Waals surface area contributed by atoms with E-state index in [-0.39, 0.29) is 10.7 Å². The van der Waals surface area contributed by atoms with Crippen LogP contribution in [0.3, 0.4) is 0 Å². The molecule has 0 unspecified atom stereocenters. The first kappa shape index (κ1) is 10.8. The number of hydrogen-bond acceptors (Lipinski definition) is 2. The van der Waals surface area contributed by atoms with Crippen molar-refractivity contribution >= 4 is 16.8 Å². The number of oxime groups is 1. The van der Waals surface area contributed by atoms with Gasteiger partial charge < -0.3 is 5.21 Å². The molecule has 2 nitrogen and oxygen atoms in total. The topological polar surface area (TPSA) is 32.6 Å². The summed E-state index contributed by atoms with van der Waals surface area (Å²) in [6, 6.07) is 3.99. The number of benzene rings is 1. The molecule has 0 aliphatic carbocycles. The Kier molecular flexibility index (Phi) is 3.00. The molecule has 0 aliphatic rings. The van der Waals surface area contributed by atoms with Gasteiger partial charge in [-0.1, -0.05) is 28.9 Å². The maximum absolute atomic E-state index is 12.1. The Bertz CT molecular complexity index is 345. The molecule has 1 rings (SSSR count). The Hall–Kier alpha value is -1.23. The molecule has 1 aromatic rings. The summed E-state index contributed by atoms with van der Waals surface area (Å²) >= 11 is 5.38. The van der Waals surface area contributed by atoms with E-state index >= 15 is 0 Å². The lowest BCUT2D eigenvalue weighted by atomic mass is 10.1. The molecule has 14 heavy (non-hydrogen) atoms. The van der Waals surface area contributed by atoms with Crippen LogP contribution in [0, 0.1) is 0 Å². The van der Waals surface area contributed by atoms with Gasteiger partial charge >= 0.3 is 6.18 Å². The van der Waals surface area contributed by atoms with Crippen molar-refractivity contribution in [1.82, 2.24) is 0 Å². The van der Waals surface area contributed by atoms with E-state index in [1.54, 1.807) is 0 Å². The van der Waals surface area contributed by atoms with Crippen LogP contribution in [0.5, 0.6) is 0 Å². The van der Waals surface area contributed by atoms with E-state index in [1.165, 1.54) is 0 Å². The first-order chi connectivity index (χ1) is 6.45. The fourth-order valence-corrected chi connectivity index (χ4v) is 0.980. The monoisotopic (exact) mass is 223 g/mol. The molecular formula is C8H5ClF3NO. The normalized spacial score (nSPS) is 13.0. The van der Waals surface area contributed by atoms with Crippen LogP contribution in [0.1, 0.15) is 11.1 Å². The molecule has 0 radical (unpaired) electrons. The van der Waals surface area contributed by atoms with E-state index in [2.05, 4.69) is 5.16 Å². The number of rotatable bonds is 1. The van der Waals surface area contributed by atoms with Gasteiger partial charge in [-0.3, -0.25) is 0 Å². The van der Waals surface area contributed by atoms with Crippen LogP contribution in [-0.4, -0.2) is 10.4 Å². The molecular weight excluding hydrogens is 219 g/mol. The molecule has 76 valence electrons. The average Bonchev–Trinajstić information content (AvgIpc) is 2.15. The summed E-state index contributed by atoms with van der Waals surface area (Å²) < 4.78 is 36.3. The Morgan fingerprint density at radius 1 is 1.21 bits per heavy atom. The average molecular weight is 224 g/mol. The fraction of sp³-hybridized carbons (Fsp3) is 0.125. The highest BCUT2D eigenvalue weighted by Crippen LogP contribution is 2.29. The highest BCUT2D eigenvalue weighted by molar-refractivity contribution is 6.69. The largest absolute Gasteiger partial charge is 0.416 e. The zero-order valence-electron chi connectivity index (χ0n) is 6.72. The van der Waals surface area contributed by atoms with Crippen LogP contribution in [0.15, 0.2) is 29.4 Å². The van der Waals surface area contributed by atoms with E-state index < -0.39 is 11.7 Å². The Labute approximate surface area is 82.6 Å². The Morgan fingerprint density at radius 2 is 1.71 bits per heavy atom. The van der Waals surface area contributed by atoms with E-state index in [0.717, 1.165) is 24.3 Å². The van der Waals surface area contributed by atoms with Gasteiger partial charge in [0.15, 0.2) is 5.17 Å². The molecule has 0 atom stereocenters. The molecule has 0 spiro atoms. The Balaban J connectivity index is 3.01. The van der Waals surface area contributed by atoms with Crippen molar-refractivity contribution in [2.45, 2.75) is 6.18 Å². The number of nitrogens with zero attached hydrogens (tertiary/aromatic N) is 1. The van der Waals surface area contributed by atoms with Gasteiger partial charge in [-0.15, -0.1) is 0 Å². The molecule has 1 N–H and O–H groups in total. The van der Waals surface area contributed by atoms with Crippen LogP contribution in [0.2, 0.25) is 0 Å². The first-order valence-electron chi connectivity index (χ1n) is 3.50. The van der Waals surface area contributed by atoms with Crippen molar-refractivity contribution < 1.29 is 18.4 Å². The lowest BCUT2D eigenvalue weighted by Gasteiger charge is -2.06. The van der Waals surface area contributed by atoms with Gasteiger partial charge in [0, 0.05) is 5.56 Å². The maximum atomic E-state index is 12.1. The quantitative estimate of drug-likeness (QED) is 0.443. The molecule has 0 aromatic heterocycles. The van der Waals surface area contributed by atoms with Crippen LogP contribution in [-0.2, 0) is 6.18 Å². The van der Waals surface area contributed by atoms with Gasteiger partial charge in [0.25, 0.3) is 0 Å². The summed E-state index contributed by atoms with van der Waals surface area (Å²) in [7, 11) is 0. The lowest BCUT2D eigenvalue weighted by Crippen LogP contribution is -2.04. The highest BCUT2D eigenvalue weighted by atomic mass is 35.5. The number of hydrogen-bond donors (Lipinski definition) is 1. The van der Waals surface area contributed by atoms with Gasteiger partial charge in [0.05, 0.1) is 5.56 Å². The SMILES string of the molecule is O/N=C(/Cl)c1ccc(C(F)(F)F)cc1. The Morgan fingerprint density at radius 3 is 2.07 bits per heavy atom. The number of alkyl halides is 3. The second-order valence-corrected chi connectivity index (χ2v) is 2.82. The first-order valence-corrected chi connectivity index (χ1v) is 3.88. The highest BCUT2D eigenvalue weighted by Gasteiger charge is 2.30. The maximum Gasteiger partial charge on any atom is 0.416 e. The van der Waals surface area contributed by atoms with Crippen LogP contribution in [0.4, 0.5) is 13.2 Å². The molecule has 0 amide bonds. The molecule has 0 saturated carbocycles. The molecule has 0 heterocycles. The third-order valence-electron chi connectivity index (χ3n) is 1.54.